The monoisotopic (exact) mass is 255 g/mol. The Morgan fingerprint density at radius 1 is 1.53 bits per heavy atom. The summed E-state index contributed by atoms with van der Waals surface area (Å²) in [6.07, 6.45) is 1.20. The molecule has 1 rings (SSSR count). The number of hydrogen-bond donors (Lipinski definition) is 3. The molecule has 0 saturated carbocycles. The molecule has 0 aliphatic carbocycles. The van der Waals surface area contributed by atoms with Gasteiger partial charge in [0.25, 0.3) is 0 Å². The number of nitrogen functional groups attached to an aromatic ring is 1. The zero-order valence-corrected chi connectivity index (χ0v) is 10.5. The quantitative estimate of drug-likeness (QED) is 0.177. The first kappa shape index (κ1) is 13.7. The van der Waals surface area contributed by atoms with Crippen molar-refractivity contribution < 1.29 is 9.53 Å². The van der Waals surface area contributed by atoms with Crippen LogP contribution in [0.5, 0.6) is 5.75 Å². The van der Waals surface area contributed by atoms with E-state index in [0.717, 1.165) is 22.8 Å². The van der Waals surface area contributed by atoms with Crippen molar-refractivity contribution in [2.45, 2.75) is 17.7 Å². The summed E-state index contributed by atoms with van der Waals surface area (Å²) in [5.74, 6) is 6.43. The first-order valence-corrected chi connectivity index (χ1v) is 6.21. The average molecular weight is 255 g/mol. The number of thioether (sulfide) groups is 1. The van der Waals surface area contributed by atoms with Crippen LogP contribution in [0.4, 0.5) is 5.69 Å². The van der Waals surface area contributed by atoms with Crippen LogP contribution in [-0.4, -0.2) is 18.8 Å². The number of anilines is 1. The molecule has 17 heavy (non-hydrogen) atoms. The third kappa shape index (κ3) is 4.54. The second-order valence-electron chi connectivity index (χ2n) is 3.43. The van der Waals surface area contributed by atoms with E-state index in [4.69, 9.17) is 16.3 Å². The second kappa shape index (κ2) is 7.03. The molecule has 0 aliphatic rings. The Kier molecular flexibility index (Phi) is 5.65. The van der Waals surface area contributed by atoms with Crippen molar-refractivity contribution in [3.63, 3.8) is 0 Å². The molecule has 1 amide bonds. The molecule has 0 atom stereocenters. The van der Waals surface area contributed by atoms with E-state index in [9.17, 15) is 4.79 Å². The first-order chi connectivity index (χ1) is 8.17. The van der Waals surface area contributed by atoms with E-state index in [0.29, 0.717) is 12.1 Å². The topological polar surface area (TPSA) is 90.4 Å². The maximum atomic E-state index is 10.9. The Morgan fingerprint density at radius 2 is 2.29 bits per heavy atom. The average Bonchev–Trinajstić information content (AvgIpc) is 2.35. The predicted molar refractivity (Wildman–Crippen MR) is 69.7 cm³/mol. The van der Waals surface area contributed by atoms with Crippen LogP contribution in [0.15, 0.2) is 23.1 Å². The number of nitrogens with one attached hydrogen (secondary N) is 1. The van der Waals surface area contributed by atoms with Crippen LogP contribution >= 0.6 is 11.8 Å². The lowest BCUT2D eigenvalue weighted by molar-refractivity contribution is -0.121. The van der Waals surface area contributed by atoms with E-state index in [1.807, 2.05) is 12.1 Å². The largest absolute Gasteiger partial charge is 0.496 e. The molecule has 1 aromatic carbocycles. The summed E-state index contributed by atoms with van der Waals surface area (Å²) >= 11 is 1.63. The molecule has 1 aromatic rings. The Balaban J connectivity index is 2.43. The van der Waals surface area contributed by atoms with Gasteiger partial charge in [-0.25, -0.2) is 5.84 Å². The van der Waals surface area contributed by atoms with Gasteiger partial charge in [-0.2, -0.15) is 0 Å². The van der Waals surface area contributed by atoms with Gasteiger partial charge in [0, 0.05) is 23.1 Å². The van der Waals surface area contributed by atoms with Crippen molar-refractivity contribution in [3.8, 4) is 5.75 Å². The Labute approximate surface area is 105 Å². The van der Waals surface area contributed by atoms with Crippen LogP contribution < -0.4 is 21.7 Å². The minimum atomic E-state index is -0.144. The molecular weight excluding hydrogens is 238 g/mol. The highest BCUT2D eigenvalue weighted by atomic mass is 32.2. The van der Waals surface area contributed by atoms with Crippen molar-refractivity contribution in [2.75, 3.05) is 18.6 Å². The normalized spacial score (nSPS) is 10.0. The van der Waals surface area contributed by atoms with Crippen LogP contribution in [0.3, 0.4) is 0 Å². The predicted octanol–water partition coefficient (Wildman–Crippen LogP) is 1.14. The van der Waals surface area contributed by atoms with Gasteiger partial charge >= 0.3 is 0 Å². The first-order valence-electron chi connectivity index (χ1n) is 5.23. The fraction of sp³-hybridized carbons (Fsp3) is 0.364. The number of methoxy groups -OCH3 is 1. The molecule has 0 fully saturated rings. The number of hydrazine groups is 1. The number of nitrogens with two attached hydrogens (primary N) is 2. The number of hydrogen-bond acceptors (Lipinski definition) is 5. The molecule has 5 nitrogen and oxygen atoms in total. The van der Waals surface area contributed by atoms with Gasteiger partial charge in [-0.3, -0.25) is 10.2 Å². The fourth-order valence-electron chi connectivity index (χ4n) is 1.29. The number of benzene rings is 1. The van der Waals surface area contributed by atoms with Gasteiger partial charge in [-0.1, -0.05) is 0 Å². The van der Waals surface area contributed by atoms with Crippen molar-refractivity contribution >= 4 is 23.4 Å². The van der Waals surface area contributed by atoms with Crippen LogP contribution in [0.1, 0.15) is 12.8 Å². The Morgan fingerprint density at radius 3 is 2.94 bits per heavy atom. The molecule has 94 valence electrons. The summed E-state index contributed by atoms with van der Waals surface area (Å²) in [5.41, 5.74) is 8.44. The lowest BCUT2D eigenvalue weighted by atomic mass is 10.3. The molecule has 0 bridgehead atoms. The summed E-state index contributed by atoms with van der Waals surface area (Å²) in [5, 5.41) is 0. The lowest BCUT2D eigenvalue weighted by Crippen LogP contribution is -2.29. The smallest absolute Gasteiger partial charge is 0.233 e. The minimum absolute atomic E-state index is 0.144. The highest BCUT2D eigenvalue weighted by Gasteiger charge is 2.04. The van der Waals surface area contributed by atoms with Gasteiger partial charge in [0.2, 0.25) is 5.91 Å². The van der Waals surface area contributed by atoms with E-state index in [2.05, 4.69) is 5.43 Å². The van der Waals surface area contributed by atoms with E-state index in [-0.39, 0.29) is 5.91 Å². The highest BCUT2D eigenvalue weighted by Crippen LogP contribution is 2.31. The maximum absolute atomic E-state index is 10.9. The molecule has 5 N–H and O–H groups in total. The minimum Gasteiger partial charge on any atom is -0.496 e. The molecule has 0 heterocycles. The number of carbonyl (C=O) groups excluding carboxylic acids is 1. The summed E-state index contributed by atoms with van der Waals surface area (Å²) in [6.45, 7) is 0. The van der Waals surface area contributed by atoms with Gasteiger partial charge in [0.1, 0.15) is 5.75 Å². The summed E-state index contributed by atoms with van der Waals surface area (Å²) < 4.78 is 5.23. The molecule has 6 heteroatoms. The van der Waals surface area contributed by atoms with Crippen LogP contribution in [0.2, 0.25) is 0 Å². The van der Waals surface area contributed by atoms with Gasteiger partial charge < -0.3 is 10.5 Å². The van der Waals surface area contributed by atoms with E-state index in [1.165, 1.54) is 0 Å². The number of rotatable bonds is 6. The molecule has 0 aromatic heterocycles. The zero-order valence-electron chi connectivity index (χ0n) is 9.73. The second-order valence-corrected chi connectivity index (χ2v) is 4.57. The van der Waals surface area contributed by atoms with Gasteiger partial charge in [0.15, 0.2) is 0 Å². The number of amides is 1. The molecule has 0 spiro atoms. The van der Waals surface area contributed by atoms with Crippen molar-refractivity contribution in [2.24, 2.45) is 5.84 Å². The van der Waals surface area contributed by atoms with E-state index >= 15 is 0 Å². The summed E-state index contributed by atoms with van der Waals surface area (Å²) in [7, 11) is 1.61. The van der Waals surface area contributed by atoms with Crippen molar-refractivity contribution in [1.82, 2.24) is 5.43 Å². The molecule has 0 aliphatic heterocycles. The highest BCUT2D eigenvalue weighted by molar-refractivity contribution is 7.99. The van der Waals surface area contributed by atoms with Crippen LogP contribution in [0.25, 0.3) is 0 Å². The zero-order chi connectivity index (χ0) is 12.7. The lowest BCUT2D eigenvalue weighted by Gasteiger charge is -2.08. The Hall–Kier alpha value is -1.40. The van der Waals surface area contributed by atoms with Crippen molar-refractivity contribution in [1.29, 1.82) is 0 Å². The molecule has 0 saturated heterocycles. The van der Waals surface area contributed by atoms with Crippen LogP contribution in [-0.2, 0) is 4.79 Å². The molecule has 0 unspecified atom stereocenters. The van der Waals surface area contributed by atoms with Crippen LogP contribution in [0, 0.1) is 0 Å². The summed E-state index contributed by atoms with van der Waals surface area (Å²) in [6, 6.07) is 5.54. The molecule has 0 radical (unpaired) electrons. The SMILES string of the molecule is COc1cc(N)ccc1SCCCC(=O)NN. The van der Waals surface area contributed by atoms with Gasteiger partial charge in [-0.15, -0.1) is 11.8 Å². The molecular formula is C11H17N3O2S. The van der Waals surface area contributed by atoms with E-state index < -0.39 is 0 Å². The summed E-state index contributed by atoms with van der Waals surface area (Å²) in [4.78, 5) is 11.9. The third-order valence-corrected chi connectivity index (χ3v) is 3.30. The Bertz CT molecular complexity index is 385. The van der Waals surface area contributed by atoms with Crippen molar-refractivity contribution in [3.05, 3.63) is 18.2 Å². The fourth-order valence-corrected chi connectivity index (χ4v) is 2.25. The number of carbonyl (C=O) groups is 1. The van der Waals surface area contributed by atoms with Gasteiger partial charge in [0.05, 0.1) is 7.11 Å². The third-order valence-electron chi connectivity index (χ3n) is 2.15. The van der Waals surface area contributed by atoms with Gasteiger partial charge in [-0.05, 0) is 24.3 Å². The number of ether oxygens (including phenoxy) is 1. The standard InChI is InChI=1S/C11H17N3O2S/c1-16-9-7-8(12)4-5-10(9)17-6-2-3-11(15)14-13/h4-5,7H,2-3,6,12-13H2,1H3,(H,14,15). The maximum Gasteiger partial charge on any atom is 0.233 e. The van der Waals surface area contributed by atoms with E-state index in [1.54, 1.807) is 24.9 Å².